The van der Waals surface area contributed by atoms with Crippen molar-refractivity contribution in [2.24, 2.45) is 4.99 Å². The minimum Gasteiger partial charge on any atom is -0.459 e. The lowest BCUT2D eigenvalue weighted by Crippen LogP contribution is -2.41. The van der Waals surface area contributed by atoms with E-state index in [2.05, 4.69) is 10.2 Å². The molecule has 0 bridgehead atoms. The second kappa shape index (κ2) is 12.0. The van der Waals surface area contributed by atoms with E-state index in [0.717, 1.165) is 0 Å². The molecular formula is C27H21NO7S. The second-order valence-corrected chi connectivity index (χ2v) is 7.90. The molecule has 3 aromatic carbocycles. The predicted molar refractivity (Wildman–Crippen MR) is 132 cm³/mol. The van der Waals surface area contributed by atoms with Gasteiger partial charge in [-0.15, -0.1) is 0 Å². The fraction of sp³-hybridized carbons (Fsp3) is 0.185. The smallest absolute Gasteiger partial charge is 0.338 e. The number of esters is 3. The fourth-order valence-electron chi connectivity index (χ4n) is 3.61. The van der Waals surface area contributed by atoms with Gasteiger partial charge in [-0.25, -0.2) is 14.4 Å². The van der Waals surface area contributed by atoms with E-state index in [1.165, 1.54) is 0 Å². The van der Waals surface area contributed by atoms with Crippen LogP contribution in [-0.2, 0) is 18.9 Å². The Morgan fingerprint density at radius 3 is 1.64 bits per heavy atom. The van der Waals surface area contributed by atoms with E-state index in [-0.39, 0.29) is 17.7 Å². The zero-order valence-corrected chi connectivity index (χ0v) is 19.7. The van der Waals surface area contributed by atoms with Gasteiger partial charge in [0.15, 0.2) is 18.4 Å². The average Bonchev–Trinajstić information content (AvgIpc) is 3.24. The summed E-state index contributed by atoms with van der Waals surface area (Å²) in [4.78, 5) is 42.1. The number of hydrogen-bond acceptors (Lipinski definition) is 9. The summed E-state index contributed by atoms with van der Waals surface area (Å²) in [5.41, 5.74) is 0.913. The SMILES string of the molecule is O=C(OC[C@H]1OC(N=C=S)[C@H](OC(=O)c2ccccc2)[C@@H]1OC(=O)c1ccccc1)c1ccccc1. The van der Waals surface area contributed by atoms with Gasteiger partial charge in [0.25, 0.3) is 0 Å². The highest BCUT2D eigenvalue weighted by molar-refractivity contribution is 7.78. The lowest BCUT2D eigenvalue weighted by Gasteiger charge is -2.23. The van der Waals surface area contributed by atoms with Crippen molar-refractivity contribution in [1.29, 1.82) is 0 Å². The molecule has 0 N–H and O–H groups in total. The first-order valence-electron chi connectivity index (χ1n) is 11.0. The quantitative estimate of drug-likeness (QED) is 0.196. The van der Waals surface area contributed by atoms with E-state index in [1.54, 1.807) is 91.0 Å². The second-order valence-electron chi connectivity index (χ2n) is 7.72. The molecule has 0 amide bonds. The monoisotopic (exact) mass is 503 g/mol. The molecule has 36 heavy (non-hydrogen) atoms. The Morgan fingerprint density at radius 1 is 0.722 bits per heavy atom. The van der Waals surface area contributed by atoms with E-state index in [9.17, 15) is 14.4 Å². The molecule has 1 aliphatic rings. The highest BCUT2D eigenvalue weighted by atomic mass is 32.1. The van der Waals surface area contributed by atoms with Crippen molar-refractivity contribution in [1.82, 2.24) is 0 Å². The number of ether oxygens (including phenoxy) is 4. The molecular weight excluding hydrogens is 482 g/mol. The zero-order valence-electron chi connectivity index (χ0n) is 18.9. The number of isothiocyanates is 1. The van der Waals surface area contributed by atoms with Gasteiger partial charge in [0.2, 0.25) is 0 Å². The summed E-state index contributed by atoms with van der Waals surface area (Å²) in [5, 5.41) is 2.21. The highest BCUT2D eigenvalue weighted by Crippen LogP contribution is 2.30. The van der Waals surface area contributed by atoms with E-state index in [0.29, 0.717) is 5.56 Å². The van der Waals surface area contributed by atoms with E-state index in [4.69, 9.17) is 31.2 Å². The van der Waals surface area contributed by atoms with Crippen LogP contribution in [0.2, 0.25) is 0 Å². The molecule has 1 aliphatic heterocycles. The van der Waals surface area contributed by atoms with Crippen LogP contribution >= 0.6 is 12.2 Å². The Kier molecular flexibility index (Phi) is 8.31. The minimum absolute atomic E-state index is 0.285. The molecule has 182 valence electrons. The molecule has 1 heterocycles. The third kappa shape index (κ3) is 6.09. The fourth-order valence-corrected chi connectivity index (χ4v) is 3.72. The normalized spacial score (nSPS) is 20.6. The lowest BCUT2D eigenvalue weighted by atomic mass is 10.1. The maximum absolute atomic E-state index is 12.9. The number of benzene rings is 3. The molecule has 4 atom stereocenters. The van der Waals surface area contributed by atoms with E-state index < -0.39 is 42.4 Å². The first-order valence-corrected chi connectivity index (χ1v) is 11.4. The summed E-state index contributed by atoms with van der Waals surface area (Å²) >= 11 is 4.73. The van der Waals surface area contributed by atoms with Gasteiger partial charge in [-0.2, -0.15) is 4.99 Å². The van der Waals surface area contributed by atoms with Gasteiger partial charge in [-0.1, -0.05) is 54.6 Å². The maximum atomic E-state index is 12.9. The first-order chi connectivity index (χ1) is 17.6. The van der Waals surface area contributed by atoms with Crippen LogP contribution in [0.3, 0.4) is 0 Å². The van der Waals surface area contributed by atoms with Crippen molar-refractivity contribution >= 4 is 35.3 Å². The molecule has 0 aromatic heterocycles. The number of carbonyl (C=O) groups is 3. The number of hydrogen-bond donors (Lipinski definition) is 0. The predicted octanol–water partition coefficient (Wildman–Crippen LogP) is 4.12. The van der Waals surface area contributed by atoms with Crippen LogP contribution in [0, 0.1) is 0 Å². The molecule has 3 aromatic rings. The summed E-state index contributed by atoms with van der Waals surface area (Å²) in [5.74, 6) is -1.93. The van der Waals surface area contributed by atoms with Crippen molar-refractivity contribution < 1.29 is 33.3 Å². The Morgan fingerprint density at radius 2 is 1.17 bits per heavy atom. The number of rotatable bonds is 8. The molecule has 0 spiro atoms. The standard InChI is InChI=1S/C27H21NO7S/c29-25(18-10-4-1-5-11-18)32-16-21-22(34-26(30)19-12-6-2-7-13-19)23(24(33-21)28-17-36)35-27(31)20-14-8-3-9-15-20/h1-15,21-24H,16H2/t21-,22-,23-,24?/m1/s1. The van der Waals surface area contributed by atoms with Crippen LogP contribution in [0.5, 0.6) is 0 Å². The van der Waals surface area contributed by atoms with Crippen LogP contribution in [0.4, 0.5) is 0 Å². The van der Waals surface area contributed by atoms with Crippen molar-refractivity contribution in [3.05, 3.63) is 108 Å². The van der Waals surface area contributed by atoms with Crippen LogP contribution < -0.4 is 0 Å². The van der Waals surface area contributed by atoms with Gasteiger partial charge in [0.1, 0.15) is 12.7 Å². The Balaban J connectivity index is 1.58. The largest absolute Gasteiger partial charge is 0.459 e. The number of carbonyl (C=O) groups excluding carboxylic acids is 3. The van der Waals surface area contributed by atoms with Crippen molar-refractivity contribution in [3.63, 3.8) is 0 Å². The average molecular weight is 504 g/mol. The van der Waals surface area contributed by atoms with Crippen LogP contribution in [0.15, 0.2) is 96.0 Å². The molecule has 1 unspecified atom stereocenters. The third-order valence-corrected chi connectivity index (χ3v) is 5.46. The lowest BCUT2D eigenvalue weighted by molar-refractivity contribution is -0.0445. The molecule has 0 aliphatic carbocycles. The summed E-state index contributed by atoms with van der Waals surface area (Å²) in [6.45, 7) is -0.288. The topological polar surface area (TPSA) is 100 Å². The highest BCUT2D eigenvalue weighted by Gasteiger charge is 2.50. The minimum atomic E-state index is -1.17. The summed E-state index contributed by atoms with van der Waals surface area (Å²) in [7, 11) is 0. The number of thiocarbonyl (C=S) groups is 1. The molecule has 0 radical (unpaired) electrons. The van der Waals surface area contributed by atoms with Gasteiger partial charge >= 0.3 is 17.9 Å². The van der Waals surface area contributed by atoms with Crippen molar-refractivity contribution in [3.8, 4) is 0 Å². The maximum Gasteiger partial charge on any atom is 0.338 e. The van der Waals surface area contributed by atoms with Crippen LogP contribution in [0.1, 0.15) is 31.1 Å². The number of aliphatic imine (C=N–C) groups is 1. The third-order valence-electron chi connectivity index (χ3n) is 5.36. The van der Waals surface area contributed by atoms with E-state index in [1.807, 2.05) is 0 Å². The zero-order chi connectivity index (χ0) is 25.3. The molecule has 8 nitrogen and oxygen atoms in total. The van der Waals surface area contributed by atoms with Gasteiger partial charge < -0.3 is 18.9 Å². The summed E-state index contributed by atoms with van der Waals surface area (Å²) in [6.07, 6.45) is -4.42. The number of nitrogens with zero attached hydrogens (tertiary/aromatic N) is 1. The molecule has 0 saturated carbocycles. The summed E-state index contributed by atoms with van der Waals surface area (Å²) in [6, 6.07) is 25.0. The Bertz CT molecular complexity index is 1250. The Labute approximate surface area is 212 Å². The van der Waals surface area contributed by atoms with Gasteiger partial charge in [0, 0.05) is 0 Å². The molecule has 4 rings (SSSR count). The van der Waals surface area contributed by atoms with Crippen LogP contribution in [0.25, 0.3) is 0 Å². The summed E-state index contributed by atoms with van der Waals surface area (Å²) < 4.78 is 22.7. The molecule has 1 fully saturated rings. The van der Waals surface area contributed by atoms with Crippen molar-refractivity contribution in [2.75, 3.05) is 6.61 Å². The first kappa shape index (κ1) is 24.9. The Hall–Kier alpha value is -4.17. The van der Waals surface area contributed by atoms with Crippen molar-refractivity contribution in [2.45, 2.75) is 24.5 Å². The van der Waals surface area contributed by atoms with Gasteiger partial charge in [-0.3, -0.25) is 0 Å². The van der Waals surface area contributed by atoms with E-state index >= 15 is 0 Å². The molecule has 9 heteroatoms. The van der Waals surface area contributed by atoms with Gasteiger partial charge in [-0.05, 0) is 48.6 Å². The van der Waals surface area contributed by atoms with Crippen LogP contribution in [-0.4, -0.2) is 54.2 Å². The van der Waals surface area contributed by atoms with Gasteiger partial charge in [0.05, 0.1) is 21.9 Å². The molecule has 1 saturated heterocycles.